The summed E-state index contributed by atoms with van der Waals surface area (Å²) < 4.78 is 34.4. The van der Waals surface area contributed by atoms with Crippen LogP contribution in [0.25, 0.3) is 0 Å². The number of carbonyl (C=O) groups is 2. The van der Waals surface area contributed by atoms with Gasteiger partial charge < -0.3 is 15.0 Å². The largest absolute Gasteiger partial charge is 0.495 e. The first kappa shape index (κ1) is 32.0. The molecule has 41 heavy (non-hydrogen) atoms. The summed E-state index contributed by atoms with van der Waals surface area (Å²) in [5.41, 5.74) is 1.12. The van der Waals surface area contributed by atoms with E-state index in [4.69, 9.17) is 16.3 Å². The van der Waals surface area contributed by atoms with Crippen LogP contribution in [0.1, 0.15) is 39.2 Å². The highest BCUT2D eigenvalue weighted by atomic mass is 35.5. The van der Waals surface area contributed by atoms with Crippen molar-refractivity contribution in [1.29, 1.82) is 0 Å². The summed E-state index contributed by atoms with van der Waals surface area (Å²) in [6, 6.07) is 21.2. The van der Waals surface area contributed by atoms with Gasteiger partial charge >= 0.3 is 0 Å². The molecule has 0 saturated carbocycles. The molecule has 3 rings (SSSR count). The van der Waals surface area contributed by atoms with Crippen LogP contribution in [0.2, 0.25) is 5.02 Å². The summed E-state index contributed by atoms with van der Waals surface area (Å²) in [6.45, 7) is 5.37. The minimum Gasteiger partial charge on any atom is -0.495 e. The van der Waals surface area contributed by atoms with Crippen LogP contribution in [-0.4, -0.2) is 57.4 Å². The van der Waals surface area contributed by atoms with Crippen molar-refractivity contribution in [2.45, 2.75) is 57.0 Å². The number of hydrogen-bond acceptors (Lipinski definition) is 5. The first-order valence-corrected chi connectivity index (χ1v) is 15.5. The van der Waals surface area contributed by atoms with Crippen LogP contribution in [0.5, 0.6) is 5.75 Å². The molecule has 8 nitrogen and oxygen atoms in total. The molecular formula is C31H38ClN3O5S. The molecule has 0 aliphatic rings. The van der Waals surface area contributed by atoms with Crippen LogP contribution >= 0.6 is 11.6 Å². The lowest BCUT2D eigenvalue weighted by molar-refractivity contribution is -0.139. The van der Waals surface area contributed by atoms with Gasteiger partial charge in [0.25, 0.3) is 10.0 Å². The number of nitrogens with one attached hydrogen (secondary N) is 1. The lowest BCUT2D eigenvalue weighted by atomic mass is 10.1. The van der Waals surface area contributed by atoms with Gasteiger partial charge in [-0.05, 0) is 62.1 Å². The molecular weight excluding hydrogens is 562 g/mol. The van der Waals surface area contributed by atoms with E-state index in [9.17, 15) is 18.0 Å². The van der Waals surface area contributed by atoms with Crippen LogP contribution in [0.15, 0.2) is 83.8 Å². The van der Waals surface area contributed by atoms with Gasteiger partial charge in [0.2, 0.25) is 11.8 Å². The average Bonchev–Trinajstić information content (AvgIpc) is 2.98. The van der Waals surface area contributed by atoms with E-state index in [-0.39, 0.29) is 39.8 Å². The van der Waals surface area contributed by atoms with Gasteiger partial charge in [-0.3, -0.25) is 13.9 Å². The molecule has 2 amide bonds. The van der Waals surface area contributed by atoms with Gasteiger partial charge in [-0.15, -0.1) is 0 Å². The maximum Gasteiger partial charge on any atom is 0.264 e. The van der Waals surface area contributed by atoms with E-state index in [1.807, 2.05) is 51.1 Å². The van der Waals surface area contributed by atoms with E-state index in [0.29, 0.717) is 12.8 Å². The average molecular weight is 600 g/mol. The van der Waals surface area contributed by atoms with Gasteiger partial charge in [-0.25, -0.2) is 8.42 Å². The molecule has 0 aromatic heterocycles. The number of carbonyl (C=O) groups excluding carboxylic acids is 2. The minimum atomic E-state index is -4.23. The number of ether oxygens (including phenoxy) is 1. The lowest BCUT2D eigenvalue weighted by Crippen LogP contribution is -2.54. The van der Waals surface area contributed by atoms with Gasteiger partial charge in [0, 0.05) is 17.6 Å². The van der Waals surface area contributed by atoms with Crippen LogP contribution in [0.4, 0.5) is 5.69 Å². The van der Waals surface area contributed by atoms with Crippen molar-refractivity contribution >= 4 is 39.1 Å². The molecule has 0 heterocycles. The van der Waals surface area contributed by atoms with Gasteiger partial charge in [-0.1, -0.05) is 74.0 Å². The van der Waals surface area contributed by atoms with Crippen molar-refractivity contribution in [3.63, 3.8) is 0 Å². The van der Waals surface area contributed by atoms with Crippen LogP contribution in [-0.2, 0) is 26.0 Å². The van der Waals surface area contributed by atoms with Crippen molar-refractivity contribution in [3.8, 4) is 5.75 Å². The Balaban J connectivity index is 2.06. The standard InChI is InChI=1S/C31H38ClN3O5S/c1-5-23(3)33-31(37)27(6-2)34(20-19-24-13-9-7-10-14-24)30(36)22-35(28-21-25(32)17-18-29(28)40-4)41(38,39)26-15-11-8-12-16-26/h7-18,21,23,27H,5-6,19-20,22H2,1-4H3,(H,33,37)/t23-,27-/m0/s1. The summed E-state index contributed by atoms with van der Waals surface area (Å²) in [7, 11) is -2.81. The summed E-state index contributed by atoms with van der Waals surface area (Å²) >= 11 is 6.28. The van der Waals surface area contributed by atoms with Gasteiger partial charge in [0.1, 0.15) is 18.3 Å². The number of rotatable bonds is 14. The molecule has 0 aliphatic heterocycles. The normalized spacial score (nSPS) is 12.7. The Morgan fingerprint density at radius 3 is 2.17 bits per heavy atom. The predicted molar refractivity (Wildman–Crippen MR) is 163 cm³/mol. The fraction of sp³-hybridized carbons (Fsp3) is 0.355. The highest BCUT2D eigenvalue weighted by Crippen LogP contribution is 2.35. The molecule has 1 N–H and O–H groups in total. The number of sulfonamides is 1. The Morgan fingerprint density at radius 1 is 0.951 bits per heavy atom. The summed E-state index contributed by atoms with van der Waals surface area (Å²) in [4.78, 5) is 29.0. The molecule has 0 spiro atoms. The van der Waals surface area contributed by atoms with Gasteiger partial charge in [0.05, 0.1) is 17.7 Å². The van der Waals surface area contributed by atoms with E-state index >= 15 is 0 Å². The summed E-state index contributed by atoms with van der Waals surface area (Å²) in [5, 5.41) is 3.26. The van der Waals surface area contributed by atoms with E-state index in [0.717, 1.165) is 16.3 Å². The minimum absolute atomic E-state index is 0.00668. The van der Waals surface area contributed by atoms with Crippen LogP contribution in [0.3, 0.4) is 0 Å². The fourth-order valence-electron chi connectivity index (χ4n) is 4.43. The zero-order valence-electron chi connectivity index (χ0n) is 23.9. The second kappa shape index (κ2) is 14.9. The molecule has 0 aliphatic carbocycles. The first-order valence-electron chi connectivity index (χ1n) is 13.7. The van der Waals surface area contributed by atoms with Crippen molar-refractivity contribution in [2.24, 2.45) is 0 Å². The fourth-order valence-corrected chi connectivity index (χ4v) is 6.03. The van der Waals surface area contributed by atoms with Gasteiger partial charge in [0.15, 0.2) is 0 Å². The third-order valence-electron chi connectivity index (χ3n) is 6.89. The van der Waals surface area contributed by atoms with E-state index in [2.05, 4.69) is 5.32 Å². The van der Waals surface area contributed by atoms with Crippen molar-refractivity contribution < 1.29 is 22.7 Å². The lowest BCUT2D eigenvalue weighted by Gasteiger charge is -2.34. The predicted octanol–water partition coefficient (Wildman–Crippen LogP) is 5.31. The maximum atomic E-state index is 14.1. The molecule has 0 fully saturated rings. The third-order valence-corrected chi connectivity index (χ3v) is 8.90. The Labute approximate surface area is 248 Å². The van der Waals surface area contributed by atoms with Crippen molar-refractivity contribution in [2.75, 3.05) is 24.5 Å². The molecule has 0 radical (unpaired) electrons. The number of halogens is 1. The molecule has 2 atom stereocenters. The van der Waals surface area contributed by atoms with Gasteiger partial charge in [-0.2, -0.15) is 0 Å². The number of benzene rings is 3. The molecule has 10 heteroatoms. The Kier molecular flexibility index (Phi) is 11.6. The van der Waals surface area contributed by atoms with E-state index in [1.54, 1.807) is 30.3 Å². The van der Waals surface area contributed by atoms with E-state index in [1.165, 1.54) is 30.2 Å². The zero-order chi connectivity index (χ0) is 30.0. The third kappa shape index (κ3) is 8.24. The molecule has 220 valence electrons. The molecule has 3 aromatic rings. The monoisotopic (exact) mass is 599 g/mol. The zero-order valence-corrected chi connectivity index (χ0v) is 25.5. The summed E-state index contributed by atoms with van der Waals surface area (Å²) in [6.07, 6.45) is 1.58. The van der Waals surface area contributed by atoms with Crippen LogP contribution in [0, 0.1) is 0 Å². The Hall–Kier alpha value is -3.56. The molecule has 3 aromatic carbocycles. The Morgan fingerprint density at radius 2 is 1.59 bits per heavy atom. The van der Waals surface area contributed by atoms with Crippen LogP contribution < -0.4 is 14.4 Å². The number of hydrogen-bond donors (Lipinski definition) is 1. The molecule has 0 unspecified atom stereocenters. The second-order valence-corrected chi connectivity index (χ2v) is 12.0. The van der Waals surface area contributed by atoms with Crippen molar-refractivity contribution in [1.82, 2.24) is 10.2 Å². The molecule has 0 bridgehead atoms. The first-order chi connectivity index (χ1) is 19.6. The number of amides is 2. The molecule has 0 saturated heterocycles. The number of nitrogens with zero attached hydrogens (tertiary/aromatic N) is 2. The Bertz CT molecular complexity index is 1400. The highest BCUT2D eigenvalue weighted by molar-refractivity contribution is 7.92. The summed E-state index contributed by atoms with van der Waals surface area (Å²) in [5.74, 6) is -0.561. The maximum absolute atomic E-state index is 14.1. The van der Waals surface area contributed by atoms with Crippen molar-refractivity contribution in [3.05, 3.63) is 89.4 Å². The quantitative estimate of drug-likeness (QED) is 0.271. The van der Waals surface area contributed by atoms with E-state index < -0.39 is 28.5 Å². The highest BCUT2D eigenvalue weighted by Gasteiger charge is 2.34. The SMILES string of the molecule is CC[C@H](C)NC(=O)[C@H](CC)N(CCc1ccccc1)C(=O)CN(c1cc(Cl)ccc1OC)S(=O)(=O)c1ccccc1. The number of anilines is 1. The number of methoxy groups -OCH3 is 1. The smallest absolute Gasteiger partial charge is 0.264 e. The topological polar surface area (TPSA) is 96.0 Å². The second-order valence-electron chi connectivity index (χ2n) is 9.71.